The Hall–Kier alpha value is -0.610. The number of ether oxygens (including phenoxy) is 1. The molecule has 104 valence electrons. The van der Waals surface area contributed by atoms with E-state index in [4.69, 9.17) is 4.74 Å². The van der Waals surface area contributed by atoms with Gasteiger partial charge in [-0.05, 0) is 39.7 Å². The molecular weight excluding hydrogens is 228 g/mol. The van der Waals surface area contributed by atoms with Crippen LogP contribution in [-0.4, -0.2) is 49.2 Å². The lowest BCUT2D eigenvalue weighted by atomic mass is 9.87. The smallest absolute Gasteiger partial charge is 0.228 e. The van der Waals surface area contributed by atoms with E-state index in [2.05, 4.69) is 19.2 Å². The summed E-state index contributed by atoms with van der Waals surface area (Å²) in [5, 5.41) is 3.29. The lowest BCUT2D eigenvalue weighted by Crippen LogP contribution is -2.50. The van der Waals surface area contributed by atoms with Gasteiger partial charge in [0.05, 0.1) is 18.1 Å². The maximum atomic E-state index is 12.6. The predicted molar refractivity (Wildman–Crippen MR) is 71.3 cm³/mol. The number of likely N-dealkylation sites (tertiary alicyclic amines) is 1. The maximum absolute atomic E-state index is 12.6. The number of hydrogen-bond acceptors (Lipinski definition) is 3. The SMILES string of the molecule is CNC1CCCN(C(=O)C2C(C)OC(C)C2C)C1. The highest BCUT2D eigenvalue weighted by molar-refractivity contribution is 5.80. The van der Waals surface area contributed by atoms with Crippen molar-refractivity contribution in [3.63, 3.8) is 0 Å². The molecule has 0 aliphatic carbocycles. The topological polar surface area (TPSA) is 41.6 Å². The zero-order valence-corrected chi connectivity index (χ0v) is 12.0. The van der Waals surface area contributed by atoms with Crippen molar-refractivity contribution in [3.05, 3.63) is 0 Å². The third-order valence-electron chi connectivity index (χ3n) is 4.67. The standard InChI is InChI=1S/C14H26N2O2/c1-9-10(2)18-11(3)13(9)14(17)16-7-5-6-12(8-16)15-4/h9-13,15H,5-8H2,1-4H3. The number of nitrogens with one attached hydrogen (secondary N) is 1. The van der Waals surface area contributed by atoms with Gasteiger partial charge in [-0.1, -0.05) is 6.92 Å². The van der Waals surface area contributed by atoms with Crippen LogP contribution in [0.2, 0.25) is 0 Å². The van der Waals surface area contributed by atoms with Gasteiger partial charge in [-0.2, -0.15) is 0 Å². The van der Waals surface area contributed by atoms with Crippen molar-refractivity contribution >= 4 is 5.91 Å². The predicted octanol–water partition coefficient (Wildman–Crippen LogP) is 1.26. The van der Waals surface area contributed by atoms with Gasteiger partial charge < -0.3 is 15.0 Å². The van der Waals surface area contributed by atoms with E-state index < -0.39 is 0 Å². The van der Waals surface area contributed by atoms with Crippen molar-refractivity contribution in [2.24, 2.45) is 11.8 Å². The van der Waals surface area contributed by atoms with Crippen LogP contribution in [0.3, 0.4) is 0 Å². The molecule has 2 fully saturated rings. The number of nitrogens with zero attached hydrogens (tertiary/aromatic N) is 1. The minimum Gasteiger partial charge on any atom is -0.374 e. The molecule has 0 aromatic rings. The van der Waals surface area contributed by atoms with Crippen molar-refractivity contribution in [1.29, 1.82) is 0 Å². The molecule has 0 spiro atoms. The van der Waals surface area contributed by atoms with Gasteiger partial charge in [-0.25, -0.2) is 0 Å². The van der Waals surface area contributed by atoms with Crippen LogP contribution in [0.1, 0.15) is 33.6 Å². The molecule has 2 aliphatic heterocycles. The minimum atomic E-state index is 0.0376. The monoisotopic (exact) mass is 254 g/mol. The number of piperidine rings is 1. The second-order valence-electron chi connectivity index (χ2n) is 5.84. The molecule has 2 aliphatic rings. The summed E-state index contributed by atoms with van der Waals surface area (Å²) in [7, 11) is 1.98. The van der Waals surface area contributed by atoms with E-state index in [9.17, 15) is 4.79 Å². The summed E-state index contributed by atoms with van der Waals surface area (Å²) in [6.45, 7) is 7.99. The first kappa shape index (κ1) is 13.8. The molecule has 4 heteroatoms. The molecule has 2 heterocycles. The van der Waals surface area contributed by atoms with Crippen molar-refractivity contribution in [2.75, 3.05) is 20.1 Å². The summed E-state index contributed by atoms with van der Waals surface area (Å²) in [6, 6.07) is 0.452. The largest absolute Gasteiger partial charge is 0.374 e. The number of carbonyl (C=O) groups excluding carboxylic acids is 1. The van der Waals surface area contributed by atoms with E-state index in [0.717, 1.165) is 19.5 Å². The zero-order valence-electron chi connectivity index (χ0n) is 12.0. The van der Waals surface area contributed by atoms with Gasteiger partial charge >= 0.3 is 0 Å². The molecule has 0 aromatic carbocycles. The van der Waals surface area contributed by atoms with Crippen LogP contribution in [0, 0.1) is 11.8 Å². The zero-order chi connectivity index (χ0) is 13.3. The van der Waals surface area contributed by atoms with Crippen molar-refractivity contribution in [2.45, 2.75) is 51.9 Å². The van der Waals surface area contributed by atoms with Gasteiger partial charge in [0, 0.05) is 19.1 Å². The Labute approximate surface area is 110 Å². The molecule has 0 saturated carbocycles. The second kappa shape index (κ2) is 5.57. The van der Waals surface area contributed by atoms with E-state index in [1.807, 2.05) is 18.9 Å². The highest BCUT2D eigenvalue weighted by atomic mass is 16.5. The fourth-order valence-electron chi connectivity index (χ4n) is 3.32. The highest BCUT2D eigenvalue weighted by Crippen LogP contribution is 2.34. The number of amides is 1. The van der Waals surface area contributed by atoms with Gasteiger partial charge in [-0.15, -0.1) is 0 Å². The van der Waals surface area contributed by atoms with Gasteiger partial charge in [0.15, 0.2) is 0 Å². The molecular formula is C14H26N2O2. The Morgan fingerprint density at radius 2 is 2.00 bits per heavy atom. The first-order valence-corrected chi connectivity index (χ1v) is 7.16. The highest BCUT2D eigenvalue weighted by Gasteiger charge is 2.43. The number of carbonyl (C=O) groups is 1. The average molecular weight is 254 g/mol. The molecule has 5 atom stereocenters. The maximum Gasteiger partial charge on any atom is 0.228 e. The Kier molecular flexibility index (Phi) is 4.28. The van der Waals surface area contributed by atoms with E-state index in [-0.39, 0.29) is 18.1 Å². The van der Waals surface area contributed by atoms with Crippen LogP contribution in [0.4, 0.5) is 0 Å². The van der Waals surface area contributed by atoms with Crippen LogP contribution in [0.15, 0.2) is 0 Å². The molecule has 0 radical (unpaired) electrons. The summed E-state index contributed by atoms with van der Waals surface area (Å²) in [5.41, 5.74) is 0. The summed E-state index contributed by atoms with van der Waals surface area (Å²) in [5.74, 6) is 0.650. The Bertz CT molecular complexity index is 308. The number of likely N-dealkylation sites (N-methyl/N-ethyl adjacent to an activating group) is 1. The molecule has 0 bridgehead atoms. The van der Waals surface area contributed by atoms with Crippen molar-refractivity contribution < 1.29 is 9.53 Å². The van der Waals surface area contributed by atoms with E-state index >= 15 is 0 Å². The molecule has 4 nitrogen and oxygen atoms in total. The lowest BCUT2D eigenvalue weighted by Gasteiger charge is -2.35. The van der Waals surface area contributed by atoms with Crippen LogP contribution in [-0.2, 0) is 9.53 Å². The average Bonchev–Trinajstić information content (AvgIpc) is 2.62. The molecule has 1 amide bonds. The molecule has 5 unspecified atom stereocenters. The Morgan fingerprint density at radius 3 is 2.56 bits per heavy atom. The first-order valence-electron chi connectivity index (χ1n) is 7.16. The van der Waals surface area contributed by atoms with Gasteiger partial charge in [-0.3, -0.25) is 4.79 Å². The first-order chi connectivity index (χ1) is 8.54. The molecule has 1 N–H and O–H groups in total. The second-order valence-corrected chi connectivity index (χ2v) is 5.84. The summed E-state index contributed by atoms with van der Waals surface area (Å²) >= 11 is 0. The molecule has 18 heavy (non-hydrogen) atoms. The third-order valence-corrected chi connectivity index (χ3v) is 4.67. The number of hydrogen-bond donors (Lipinski definition) is 1. The summed E-state index contributed by atoms with van der Waals surface area (Å²) in [4.78, 5) is 14.7. The van der Waals surface area contributed by atoms with Crippen LogP contribution in [0.5, 0.6) is 0 Å². The summed E-state index contributed by atoms with van der Waals surface area (Å²) in [6.07, 6.45) is 2.52. The molecule has 2 saturated heterocycles. The van der Waals surface area contributed by atoms with E-state index in [1.165, 1.54) is 6.42 Å². The van der Waals surface area contributed by atoms with Gasteiger partial charge in [0.2, 0.25) is 5.91 Å². The van der Waals surface area contributed by atoms with E-state index in [1.54, 1.807) is 0 Å². The van der Waals surface area contributed by atoms with Gasteiger partial charge in [0.1, 0.15) is 0 Å². The third kappa shape index (κ3) is 2.54. The Balaban J connectivity index is 2.02. The lowest BCUT2D eigenvalue weighted by molar-refractivity contribution is -0.139. The fourth-order valence-corrected chi connectivity index (χ4v) is 3.32. The van der Waals surface area contributed by atoms with Crippen molar-refractivity contribution in [1.82, 2.24) is 10.2 Å². The number of rotatable bonds is 2. The van der Waals surface area contributed by atoms with Crippen LogP contribution < -0.4 is 5.32 Å². The van der Waals surface area contributed by atoms with E-state index in [0.29, 0.717) is 17.9 Å². The van der Waals surface area contributed by atoms with Gasteiger partial charge in [0.25, 0.3) is 0 Å². The quantitative estimate of drug-likeness (QED) is 0.806. The Morgan fingerprint density at radius 1 is 1.28 bits per heavy atom. The van der Waals surface area contributed by atoms with Crippen molar-refractivity contribution in [3.8, 4) is 0 Å². The van der Waals surface area contributed by atoms with Crippen LogP contribution >= 0.6 is 0 Å². The fraction of sp³-hybridized carbons (Fsp3) is 0.929. The molecule has 2 rings (SSSR count). The van der Waals surface area contributed by atoms with Crippen LogP contribution in [0.25, 0.3) is 0 Å². The minimum absolute atomic E-state index is 0.0376. The summed E-state index contributed by atoms with van der Waals surface area (Å²) < 4.78 is 5.79. The normalized spacial score (nSPS) is 41.1. The molecule has 0 aromatic heterocycles.